The first kappa shape index (κ1) is 19.9. The molecule has 0 fully saturated rings. The number of fused-ring (bicyclic) bond motifs is 1. The van der Waals surface area contributed by atoms with E-state index in [-0.39, 0.29) is 24.8 Å². The Bertz CT molecular complexity index is 928. The van der Waals surface area contributed by atoms with Crippen molar-refractivity contribution in [3.8, 4) is 0 Å². The summed E-state index contributed by atoms with van der Waals surface area (Å²) < 4.78 is 5.32. The fourth-order valence-corrected chi connectivity index (χ4v) is 3.30. The van der Waals surface area contributed by atoms with E-state index in [1.807, 2.05) is 13.0 Å². The number of hydrogen-bond donors (Lipinski definition) is 1. The Balaban J connectivity index is 1.63. The van der Waals surface area contributed by atoms with Gasteiger partial charge in [0.05, 0.1) is 18.5 Å². The number of esters is 1. The minimum atomic E-state index is -0.622. The molecular weight excluding hydrogens is 380 g/mol. The van der Waals surface area contributed by atoms with Crippen molar-refractivity contribution in [1.82, 2.24) is 4.90 Å². The van der Waals surface area contributed by atoms with Crippen LogP contribution < -0.4 is 5.32 Å². The third-order valence-corrected chi connectivity index (χ3v) is 4.91. The van der Waals surface area contributed by atoms with Crippen molar-refractivity contribution in [3.05, 3.63) is 64.2 Å². The number of carbonyl (C=O) groups excluding carboxylic acids is 3. The van der Waals surface area contributed by atoms with Crippen LogP contribution in [0.5, 0.6) is 0 Å². The summed E-state index contributed by atoms with van der Waals surface area (Å²) in [7, 11) is 0. The van der Waals surface area contributed by atoms with Gasteiger partial charge in [-0.25, -0.2) is 4.79 Å². The number of hydrogen-bond acceptors (Lipinski definition) is 4. The number of anilines is 1. The maximum atomic E-state index is 12.7. The van der Waals surface area contributed by atoms with Gasteiger partial charge >= 0.3 is 5.97 Å². The van der Waals surface area contributed by atoms with Gasteiger partial charge in [0.15, 0.2) is 0 Å². The van der Waals surface area contributed by atoms with Crippen molar-refractivity contribution in [2.24, 2.45) is 0 Å². The van der Waals surface area contributed by atoms with E-state index in [9.17, 15) is 14.4 Å². The standard InChI is InChI=1S/C21H21ClN2O4/c1-3-24(12-19(25)23-17-10-14(22)9-8-13(17)2)20(26)11-18-15-6-4-5-7-16(15)21(27)28-18/h4-10,18H,3,11-12H2,1-2H3,(H,23,25). The highest BCUT2D eigenvalue weighted by atomic mass is 35.5. The molecule has 0 bridgehead atoms. The molecule has 2 aromatic carbocycles. The number of nitrogens with zero attached hydrogens (tertiary/aromatic N) is 1. The predicted molar refractivity (Wildman–Crippen MR) is 106 cm³/mol. The van der Waals surface area contributed by atoms with Gasteiger partial charge in [0.1, 0.15) is 6.10 Å². The summed E-state index contributed by atoms with van der Waals surface area (Å²) in [4.78, 5) is 38.4. The first-order valence-electron chi connectivity index (χ1n) is 9.02. The third kappa shape index (κ3) is 4.34. The second-order valence-corrected chi connectivity index (χ2v) is 7.04. The zero-order valence-corrected chi connectivity index (χ0v) is 16.5. The molecule has 1 aliphatic rings. The van der Waals surface area contributed by atoms with Gasteiger partial charge in [-0.1, -0.05) is 35.9 Å². The summed E-state index contributed by atoms with van der Waals surface area (Å²) in [6, 6.07) is 12.2. The molecule has 0 saturated carbocycles. The van der Waals surface area contributed by atoms with Gasteiger partial charge in [-0.05, 0) is 37.6 Å². The van der Waals surface area contributed by atoms with Gasteiger partial charge < -0.3 is 15.0 Å². The van der Waals surface area contributed by atoms with Crippen LogP contribution in [0.3, 0.4) is 0 Å². The van der Waals surface area contributed by atoms with E-state index in [4.69, 9.17) is 16.3 Å². The van der Waals surface area contributed by atoms with E-state index < -0.39 is 12.1 Å². The average Bonchev–Trinajstić information content (AvgIpc) is 2.98. The van der Waals surface area contributed by atoms with Gasteiger partial charge in [-0.3, -0.25) is 9.59 Å². The molecule has 3 rings (SSSR count). The highest BCUT2D eigenvalue weighted by Gasteiger charge is 2.33. The van der Waals surface area contributed by atoms with E-state index in [0.717, 1.165) is 5.56 Å². The van der Waals surface area contributed by atoms with Crippen LogP contribution in [0.1, 0.15) is 40.9 Å². The maximum Gasteiger partial charge on any atom is 0.339 e. The van der Waals surface area contributed by atoms with Crippen LogP contribution in [-0.4, -0.2) is 35.8 Å². The molecule has 7 heteroatoms. The summed E-state index contributed by atoms with van der Waals surface area (Å²) in [5, 5.41) is 3.30. The van der Waals surface area contributed by atoms with Gasteiger partial charge in [-0.15, -0.1) is 0 Å². The molecule has 28 heavy (non-hydrogen) atoms. The summed E-state index contributed by atoms with van der Waals surface area (Å²) in [6.07, 6.45) is -0.622. The molecule has 0 saturated heterocycles. The Labute approximate surface area is 168 Å². The highest BCUT2D eigenvalue weighted by molar-refractivity contribution is 6.31. The van der Waals surface area contributed by atoms with Crippen LogP contribution in [0.2, 0.25) is 5.02 Å². The van der Waals surface area contributed by atoms with Crippen LogP contribution in [0, 0.1) is 6.92 Å². The normalized spacial score (nSPS) is 15.0. The number of nitrogens with one attached hydrogen (secondary N) is 1. The number of likely N-dealkylation sites (N-methyl/N-ethyl adjacent to an activating group) is 1. The quantitative estimate of drug-likeness (QED) is 0.749. The van der Waals surface area contributed by atoms with Crippen LogP contribution in [0.25, 0.3) is 0 Å². The van der Waals surface area contributed by atoms with Crippen molar-refractivity contribution in [2.45, 2.75) is 26.4 Å². The molecule has 0 aromatic heterocycles. The van der Waals surface area contributed by atoms with Crippen LogP contribution >= 0.6 is 11.6 Å². The number of benzene rings is 2. The Hall–Kier alpha value is -2.86. The maximum absolute atomic E-state index is 12.7. The van der Waals surface area contributed by atoms with Gasteiger partial charge in [0.25, 0.3) is 0 Å². The lowest BCUT2D eigenvalue weighted by Gasteiger charge is -2.22. The minimum Gasteiger partial charge on any atom is -0.453 e. The number of halogens is 1. The van der Waals surface area contributed by atoms with Crippen LogP contribution in [0.4, 0.5) is 5.69 Å². The first-order chi connectivity index (χ1) is 13.4. The lowest BCUT2D eigenvalue weighted by atomic mass is 10.0. The smallest absolute Gasteiger partial charge is 0.339 e. The number of ether oxygens (including phenoxy) is 1. The molecule has 1 heterocycles. The number of amides is 2. The molecule has 2 amide bonds. The zero-order valence-electron chi connectivity index (χ0n) is 15.7. The van der Waals surface area contributed by atoms with E-state index in [1.54, 1.807) is 43.3 Å². The molecular formula is C21H21ClN2O4. The molecule has 0 aliphatic carbocycles. The largest absolute Gasteiger partial charge is 0.453 e. The topological polar surface area (TPSA) is 75.7 Å². The zero-order chi connectivity index (χ0) is 20.3. The van der Waals surface area contributed by atoms with E-state index >= 15 is 0 Å². The molecule has 0 spiro atoms. The van der Waals surface area contributed by atoms with E-state index in [0.29, 0.717) is 28.4 Å². The second-order valence-electron chi connectivity index (χ2n) is 6.60. The van der Waals surface area contributed by atoms with E-state index in [2.05, 4.69) is 5.32 Å². The lowest BCUT2D eigenvalue weighted by molar-refractivity contribution is -0.136. The Morgan fingerprint density at radius 1 is 1.21 bits per heavy atom. The fraction of sp³-hybridized carbons (Fsp3) is 0.286. The number of carbonyl (C=O) groups is 3. The molecule has 1 unspecified atom stereocenters. The van der Waals surface area contributed by atoms with E-state index in [1.165, 1.54) is 4.90 Å². The Morgan fingerprint density at radius 3 is 2.71 bits per heavy atom. The van der Waals surface area contributed by atoms with Crippen LogP contribution in [-0.2, 0) is 14.3 Å². The molecule has 2 aromatic rings. The summed E-state index contributed by atoms with van der Waals surface area (Å²) >= 11 is 5.97. The number of rotatable bonds is 6. The number of cyclic esters (lactones) is 1. The second kappa shape index (κ2) is 8.44. The molecule has 1 atom stereocenters. The average molecular weight is 401 g/mol. The van der Waals surface area contributed by atoms with Crippen molar-refractivity contribution < 1.29 is 19.1 Å². The molecule has 6 nitrogen and oxygen atoms in total. The molecule has 146 valence electrons. The molecule has 1 N–H and O–H groups in total. The lowest BCUT2D eigenvalue weighted by Crippen LogP contribution is -2.38. The van der Waals surface area contributed by atoms with Crippen molar-refractivity contribution in [3.63, 3.8) is 0 Å². The monoisotopic (exact) mass is 400 g/mol. The van der Waals surface area contributed by atoms with Gasteiger partial charge in [0, 0.05) is 22.8 Å². The van der Waals surface area contributed by atoms with Gasteiger partial charge in [-0.2, -0.15) is 0 Å². The number of aryl methyl sites for hydroxylation is 1. The fourth-order valence-electron chi connectivity index (χ4n) is 3.13. The Morgan fingerprint density at radius 2 is 1.96 bits per heavy atom. The summed E-state index contributed by atoms with van der Waals surface area (Å²) in [5.41, 5.74) is 2.68. The summed E-state index contributed by atoms with van der Waals surface area (Å²) in [5.74, 6) is -0.995. The van der Waals surface area contributed by atoms with Crippen LogP contribution in [0.15, 0.2) is 42.5 Å². The molecule has 1 aliphatic heterocycles. The third-order valence-electron chi connectivity index (χ3n) is 4.68. The minimum absolute atomic E-state index is 0.0000657. The SMILES string of the molecule is CCN(CC(=O)Nc1cc(Cl)ccc1C)C(=O)CC1OC(=O)c2ccccc21. The first-order valence-corrected chi connectivity index (χ1v) is 9.40. The van der Waals surface area contributed by atoms with Crippen molar-refractivity contribution in [2.75, 3.05) is 18.4 Å². The summed E-state index contributed by atoms with van der Waals surface area (Å²) in [6.45, 7) is 3.93. The predicted octanol–water partition coefficient (Wildman–Crippen LogP) is 3.74. The van der Waals surface area contributed by atoms with Crippen molar-refractivity contribution >= 4 is 35.1 Å². The van der Waals surface area contributed by atoms with Crippen molar-refractivity contribution in [1.29, 1.82) is 0 Å². The Kier molecular flexibility index (Phi) is 5.99. The molecule has 0 radical (unpaired) electrons. The van der Waals surface area contributed by atoms with Gasteiger partial charge in [0.2, 0.25) is 11.8 Å². The highest BCUT2D eigenvalue weighted by Crippen LogP contribution is 2.33.